The second kappa shape index (κ2) is 7.92. The highest BCUT2D eigenvalue weighted by Gasteiger charge is 2.49. The summed E-state index contributed by atoms with van der Waals surface area (Å²) in [5.74, 6) is 0.745. The normalized spacial score (nSPS) is 31.7. The van der Waals surface area contributed by atoms with Gasteiger partial charge in [0.05, 0.1) is 24.9 Å². The number of carbonyl (C=O) groups is 1. The van der Waals surface area contributed by atoms with E-state index in [0.717, 1.165) is 18.0 Å². The number of aromatic nitrogens is 3. The van der Waals surface area contributed by atoms with Gasteiger partial charge in [-0.15, -0.1) is 5.10 Å². The maximum atomic E-state index is 11.8. The first-order valence-corrected chi connectivity index (χ1v) is 9.93. The third-order valence-corrected chi connectivity index (χ3v) is 5.80. The molecule has 4 rings (SSSR count). The van der Waals surface area contributed by atoms with Gasteiger partial charge in [0.25, 0.3) is 0 Å². The van der Waals surface area contributed by atoms with Crippen LogP contribution in [0.15, 0.2) is 6.20 Å². The van der Waals surface area contributed by atoms with Crippen molar-refractivity contribution >= 4 is 6.03 Å². The molecule has 2 amide bonds. The van der Waals surface area contributed by atoms with Crippen LogP contribution in [0.2, 0.25) is 0 Å². The summed E-state index contributed by atoms with van der Waals surface area (Å²) in [4.78, 5) is 11.8. The third kappa shape index (κ3) is 3.71. The highest BCUT2D eigenvalue weighted by Crippen LogP contribution is 2.34. The Hall–Kier alpha value is -1.67. The molecule has 26 heavy (non-hydrogen) atoms. The quantitative estimate of drug-likeness (QED) is 0.826. The fourth-order valence-electron chi connectivity index (χ4n) is 4.47. The molecule has 0 radical (unpaired) electrons. The second-order valence-corrected chi connectivity index (χ2v) is 7.67. The van der Waals surface area contributed by atoms with E-state index >= 15 is 0 Å². The average Bonchev–Trinajstić information content (AvgIpc) is 3.34. The standard InChI is InChI=1S/C18H29N5O3/c1-2-19-18(24)20-14-10-25-17-15(11-26-16(14)17)23-9-13(21-22-23)8-12-6-4-3-5-7-12/h9,12,14-17H,2-8,10-11H2,1H3,(H2,19,20,24)/t14-,15-,16+,17+/m0/s1. The first kappa shape index (κ1) is 17.7. The van der Waals surface area contributed by atoms with Crippen molar-refractivity contribution in [2.75, 3.05) is 19.8 Å². The smallest absolute Gasteiger partial charge is 0.315 e. The van der Waals surface area contributed by atoms with Crippen LogP contribution in [0.3, 0.4) is 0 Å². The lowest BCUT2D eigenvalue weighted by molar-refractivity contribution is 0.0622. The van der Waals surface area contributed by atoms with E-state index in [4.69, 9.17) is 9.47 Å². The molecule has 2 N–H and O–H groups in total. The molecule has 1 aromatic rings. The summed E-state index contributed by atoms with van der Waals surface area (Å²) in [5, 5.41) is 14.4. The molecule has 3 heterocycles. The van der Waals surface area contributed by atoms with Crippen LogP contribution in [0.5, 0.6) is 0 Å². The van der Waals surface area contributed by atoms with Crippen molar-refractivity contribution in [1.82, 2.24) is 25.6 Å². The van der Waals surface area contributed by atoms with Crippen molar-refractivity contribution in [3.8, 4) is 0 Å². The fraction of sp³-hybridized carbons (Fsp3) is 0.833. The number of carbonyl (C=O) groups excluding carboxylic acids is 1. The van der Waals surface area contributed by atoms with Gasteiger partial charge in [-0.25, -0.2) is 9.48 Å². The lowest BCUT2D eigenvalue weighted by Gasteiger charge is -2.20. The number of nitrogens with zero attached hydrogens (tertiary/aromatic N) is 3. The topological polar surface area (TPSA) is 90.3 Å². The number of fused-ring (bicyclic) bond motifs is 1. The molecule has 0 aromatic carbocycles. The van der Waals surface area contributed by atoms with Gasteiger partial charge >= 0.3 is 6.03 Å². The summed E-state index contributed by atoms with van der Waals surface area (Å²) in [6.07, 6.45) is 9.51. The third-order valence-electron chi connectivity index (χ3n) is 5.80. The van der Waals surface area contributed by atoms with E-state index in [0.29, 0.717) is 19.8 Å². The summed E-state index contributed by atoms with van der Waals surface area (Å²) < 4.78 is 13.8. The summed E-state index contributed by atoms with van der Waals surface area (Å²) >= 11 is 0. The van der Waals surface area contributed by atoms with Gasteiger partial charge < -0.3 is 20.1 Å². The van der Waals surface area contributed by atoms with Gasteiger partial charge in [-0.3, -0.25) is 0 Å². The van der Waals surface area contributed by atoms with Crippen molar-refractivity contribution in [2.45, 2.75) is 69.7 Å². The van der Waals surface area contributed by atoms with Crippen LogP contribution in [0.1, 0.15) is 50.8 Å². The molecule has 0 spiro atoms. The fourth-order valence-corrected chi connectivity index (χ4v) is 4.47. The average molecular weight is 363 g/mol. The van der Waals surface area contributed by atoms with E-state index in [1.165, 1.54) is 32.1 Å². The summed E-state index contributed by atoms with van der Waals surface area (Å²) in [7, 11) is 0. The van der Waals surface area contributed by atoms with Crippen molar-refractivity contribution in [1.29, 1.82) is 0 Å². The Bertz CT molecular complexity index is 616. The Balaban J connectivity index is 1.35. The van der Waals surface area contributed by atoms with E-state index in [9.17, 15) is 4.79 Å². The number of ether oxygens (including phenoxy) is 2. The minimum absolute atomic E-state index is 0.0219. The summed E-state index contributed by atoms with van der Waals surface area (Å²) in [5.41, 5.74) is 1.07. The summed E-state index contributed by atoms with van der Waals surface area (Å²) in [6, 6.07) is -0.278. The van der Waals surface area contributed by atoms with Crippen LogP contribution in [0.4, 0.5) is 4.79 Å². The van der Waals surface area contributed by atoms with Crippen molar-refractivity contribution in [3.05, 3.63) is 11.9 Å². The van der Waals surface area contributed by atoms with Crippen LogP contribution in [0, 0.1) is 5.92 Å². The van der Waals surface area contributed by atoms with Gasteiger partial charge in [-0.05, 0) is 19.3 Å². The number of nitrogens with one attached hydrogen (secondary N) is 2. The molecule has 8 nitrogen and oxygen atoms in total. The molecular formula is C18H29N5O3. The van der Waals surface area contributed by atoms with Gasteiger partial charge in [-0.2, -0.15) is 0 Å². The number of hydrogen-bond acceptors (Lipinski definition) is 5. The van der Waals surface area contributed by atoms with Crippen LogP contribution in [0.25, 0.3) is 0 Å². The zero-order valence-corrected chi connectivity index (χ0v) is 15.4. The molecular weight excluding hydrogens is 334 g/mol. The van der Waals surface area contributed by atoms with Gasteiger partial charge in [0.2, 0.25) is 0 Å². The Morgan fingerprint density at radius 3 is 2.85 bits per heavy atom. The predicted octanol–water partition coefficient (Wildman–Crippen LogP) is 1.43. The lowest BCUT2D eigenvalue weighted by Crippen LogP contribution is -2.48. The first-order chi connectivity index (χ1) is 12.7. The Labute approximate surface area is 154 Å². The zero-order chi connectivity index (χ0) is 17.9. The van der Waals surface area contributed by atoms with E-state index in [1.54, 1.807) is 0 Å². The minimum atomic E-state index is -0.177. The van der Waals surface area contributed by atoms with E-state index in [-0.39, 0.29) is 30.3 Å². The predicted molar refractivity (Wildman–Crippen MR) is 94.8 cm³/mol. The molecule has 144 valence electrons. The Morgan fingerprint density at radius 1 is 1.23 bits per heavy atom. The summed E-state index contributed by atoms with van der Waals surface area (Å²) in [6.45, 7) is 3.49. The molecule has 2 saturated heterocycles. The first-order valence-electron chi connectivity index (χ1n) is 9.93. The SMILES string of the molecule is CCNC(=O)N[C@H]1CO[C@H]2[C@@H]1OC[C@@H]2n1cc(CC2CCCCC2)nn1. The van der Waals surface area contributed by atoms with Gasteiger partial charge in [0, 0.05) is 12.7 Å². The van der Waals surface area contributed by atoms with Crippen LogP contribution >= 0.6 is 0 Å². The van der Waals surface area contributed by atoms with Gasteiger partial charge in [-0.1, -0.05) is 37.3 Å². The zero-order valence-electron chi connectivity index (χ0n) is 15.4. The van der Waals surface area contributed by atoms with E-state index in [2.05, 4.69) is 27.1 Å². The van der Waals surface area contributed by atoms with Gasteiger partial charge in [0.15, 0.2) is 0 Å². The molecule has 4 atom stereocenters. The van der Waals surface area contributed by atoms with Crippen LogP contribution in [-0.4, -0.2) is 59.0 Å². The molecule has 3 fully saturated rings. The van der Waals surface area contributed by atoms with E-state index in [1.807, 2.05) is 11.6 Å². The molecule has 1 aromatic heterocycles. The van der Waals surface area contributed by atoms with E-state index < -0.39 is 0 Å². The highest BCUT2D eigenvalue weighted by molar-refractivity contribution is 5.74. The number of urea groups is 1. The maximum Gasteiger partial charge on any atom is 0.315 e. The molecule has 0 unspecified atom stereocenters. The Kier molecular flexibility index (Phi) is 5.40. The molecule has 3 aliphatic rings. The second-order valence-electron chi connectivity index (χ2n) is 7.67. The highest BCUT2D eigenvalue weighted by atomic mass is 16.6. The Morgan fingerprint density at radius 2 is 2.04 bits per heavy atom. The number of rotatable bonds is 5. The van der Waals surface area contributed by atoms with Crippen molar-refractivity contribution < 1.29 is 14.3 Å². The number of hydrogen-bond donors (Lipinski definition) is 2. The van der Waals surface area contributed by atoms with Crippen LogP contribution in [-0.2, 0) is 15.9 Å². The van der Waals surface area contributed by atoms with Crippen molar-refractivity contribution in [3.63, 3.8) is 0 Å². The maximum absolute atomic E-state index is 11.8. The molecule has 0 bridgehead atoms. The minimum Gasteiger partial charge on any atom is -0.371 e. The largest absolute Gasteiger partial charge is 0.371 e. The van der Waals surface area contributed by atoms with Gasteiger partial charge in [0.1, 0.15) is 18.2 Å². The number of amides is 2. The molecule has 2 aliphatic heterocycles. The van der Waals surface area contributed by atoms with Crippen LogP contribution < -0.4 is 10.6 Å². The van der Waals surface area contributed by atoms with Crippen molar-refractivity contribution in [2.24, 2.45) is 5.92 Å². The molecule has 1 aliphatic carbocycles. The lowest BCUT2D eigenvalue weighted by atomic mass is 9.86. The monoisotopic (exact) mass is 363 g/mol. The molecule has 8 heteroatoms. The molecule has 1 saturated carbocycles.